The molecule has 0 saturated carbocycles. The summed E-state index contributed by atoms with van der Waals surface area (Å²) in [6, 6.07) is 10.7. The summed E-state index contributed by atoms with van der Waals surface area (Å²) in [5.41, 5.74) is 1.82. The third-order valence-electron chi connectivity index (χ3n) is 4.12. The second-order valence-electron chi connectivity index (χ2n) is 6.29. The van der Waals surface area contributed by atoms with Crippen LogP contribution in [0.5, 0.6) is 5.75 Å². The normalized spacial score (nSPS) is 16.4. The Balaban J connectivity index is 1.93. The van der Waals surface area contributed by atoms with Crippen molar-refractivity contribution >= 4 is 11.9 Å². The van der Waals surface area contributed by atoms with Crippen molar-refractivity contribution in [3.63, 3.8) is 0 Å². The first-order valence-electron chi connectivity index (χ1n) is 8.19. The number of hydrogen-bond donors (Lipinski definition) is 1. The summed E-state index contributed by atoms with van der Waals surface area (Å²) >= 11 is 0. The van der Waals surface area contributed by atoms with E-state index >= 15 is 0 Å². The second kappa shape index (κ2) is 6.93. The van der Waals surface area contributed by atoms with Crippen LogP contribution >= 0.6 is 0 Å². The molecule has 1 atom stereocenters. The van der Waals surface area contributed by atoms with Gasteiger partial charge in [0.1, 0.15) is 0 Å². The van der Waals surface area contributed by atoms with E-state index in [0.717, 1.165) is 11.1 Å². The Bertz CT molecular complexity index is 804. The van der Waals surface area contributed by atoms with Crippen LogP contribution in [0, 0.1) is 0 Å². The average molecular weight is 340 g/mol. The first kappa shape index (κ1) is 17.0. The van der Waals surface area contributed by atoms with Gasteiger partial charge >= 0.3 is 5.97 Å². The number of carboxylic acid groups (broad SMARTS) is 1. The van der Waals surface area contributed by atoms with E-state index in [0.29, 0.717) is 12.3 Å². The Hall–Kier alpha value is -2.89. The van der Waals surface area contributed by atoms with Crippen LogP contribution in [0.4, 0.5) is 0 Å². The van der Waals surface area contributed by atoms with E-state index in [1.54, 1.807) is 12.1 Å². The zero-order chi connectivity index (χ0) is 18.0. The van der Waals surface area contributed by atoms with Crippen molar-refractivity contribution in [1.82, 2.24) is 9.88 Å². The lowest BCUT2D eigenvalue weighted by molar-refractivity contribution is -0.139. The van der Waals surface area contributed by atoms with Gasteiger partial charge in [-0.3, -0.25) is 9.59 Å². The van der Waals surface area contributed by atoms with E-state index < -0.39 is 11.9 Å². The number of nitrogens with zero attached hydrogens (tertiary/aromatic N) is 2. The average Bonchev–Trinajstić information content (AvgIpc) is 2.60. The van der Waals surface area contributed by atoms with Crippen molar-refractivity contribution < 1.29 is 19.4 Å². The molecule has 25 heavy (non-hydrogen) atoms. The number of aliphatic carboxylic acids is 1. The summed E-state index contributed by atoms with van der Waals surface area (Å²) in [7, 11) is 0. The number of pyridine rings is 1. The third kappa shape index (κ3) is 3.47. The molecule has 1 aromatic carbocycles. The number of rotatable bonds is 4. The number of carbonyl (C=O) groups is 2. The Morgan fingerprint density at radius 1 is 1.24 bits per heavy atom. The van der Waals surface area contributed by atoms with Gasteiger partial charge in [0, 0.05) is 19.3 Å². The number of hydrogen-bond acceptors (Lipinski definition) is 4. The highest BCUT2D eigenvalue weighted by molar-refractivity contribution is 5.95. The van der Waals surface area contributed by atoms with E-state index in [2.05, 4.69) is 4.98 Å². The molecule has 1 unspecified atom stereocenters. The van der Waals surface area contributed by atoms with Gasteiger partial charge in [-0.2, -0.15) is 0 Å². The van der Waals surface area contributed by atoms with Crippen molar-refractivity contribution in [3.8, 4) is 5.75 Å². The number of fused-ring (bicyclic) bond motifs is 1. The lowest BCUT2D eigenvalue weighted by atomic mass is 9.89. The first-order valence-corrected chi connectivity index (χ1v) is 8.19. The molecule has 6 heteroatoms. The fourth-order valence-corrected chi connectivity index (χ4v) is 3.02. The molecule has 0 bridgehead atoms. The number of aromatic nitrogens is 1. The van der Waals surface area contributed by atoms with Gasteiger partial charge in [0.05, 0.1) is 12.0 Å². The minimum Gasteiger partial charge on any atom is -0.489 e. The molecule has 0 spiro atoms. The molecular weight excluding hydrogens is 320 g/mol. The molecule has 0 radical (unpaired) electrons. The Morgan fingerprint density at radius 2 is 2.00 bits per heavy atom. The Labute approximate surface area is 146 Å². The van der Waals surface area contributed by atoms with Gasteiger partial charge < -0.3 is 14.7 Å². The molecular formula is C19H20N2O4. The van der Waals surface area contributed by atoms with Crippen LogP contribution in [0.1, 0.15) is 41.4 Å². The van der Waals surface area contributed by atoms with Gasteiger partial charge in [-0.1, -0.05) is 24.3 Å². The number of carbonyl (C=O) groups excluding carboxylic acids is 1. The SMILES string of the molecule is CC(C)Oc1cccnc1C(=O)N1Cc2ccccc2C(C(=O)O)C1. The molecule has 2 heterocycles. The van der Waals surface area contributed by atoms with Crippen LogP contribution in [-0.4, -0.2) is 39.5 Å². The molecule has 0 aliphatic carbocycles. The van der Waals surface area contributed by atoms with Gasteiger partial charge in [-0.05, 0) is 37.1 Å². The molecule has 0 saturated heterocycles. The minimum atomic E-state index is -0.940. The van der Waals surface area contributed by atoms with Gasteiger partial charge in [0.15, 0.2) is 11.4 Å². The highest BCUT2D eigenvalue weighted by atomic mass is 16.5. The maximum absolute atomic E-state index is 13.0. The largest absolute Gasteiger partial charge is 0.489 e. The third-order valence-corrected chi connectivity index (χ3v) is 4.12. The number of ether oxygens (including phenoxy) is 1. The topological polar surface area (TPSA) is 79.7 Å². The number of carboxylic acids is 1. The monoisotopic (exact) mass is 340 g/mol. The van der Waals surface area contributed by atoms with Crippen LogP contribution in [0.3, 0.4) is 0 Å². The Kier molecular flexibility index (Phi) is 4.70. The van der Waals surface area contributed by atoms with Gasteiger partial charge in [-0.15, -0.1) is 0 Å². The highest BCUT2D eigenvalue weighted by Gasteiger charge is 2.34. The van der Waals surface area contributed by atoms with E-state index in [9.17, 15) is 14.7 Å². The summed E-state index contributed by atoms with van der Waals surface area (Å²) in [6.45, 7) is 4.22. The first-order chi connectivity index (χ1) is 12.0. The van der Waals surface area contributed by atoms with Gasteiger partial charge in [0.25, 0.3) is 5.91 Å². The maximum atomic E-state index is 13.0. The summed E-state index contributed by atoms with van der Waals surface area (Å²) in [5.74, 6) is -1.60. The molecule has 1 aromatic heterocycles. The van der Waals surface area contributed by atoms with Crippen molar-refractivity contribution in [2.24, 2.45) is 0 Å². The quantitative estimate of drug-likeness (QED) is 0.926. The van der Waals surface area contributed by atoms with Crippen molar-refractivity contribution in [2.75, 3.05) is 6.54 Å². The fourth-order valence-electron chi connectivity index (χ4n) is 3.02. The predicted molar refractivity (Wildman–Crippen MR) is 91.6 cm³/mol. The minimum absolute atomic E-state index is 0.0930. The molecule has 1 aliphatic heterocycles. The Morgan fingerprint density at radius 3 is 2.72 bits per heavy atom. The van der Waals surface area contributed by atoms with Crippen molar-refractivity contribution in [1.29, 1.82) is 0 Å². The molecule has 6 nitrogen and oxygen atoms in total. The summed E-state index contributed by atoms with van der Waals surface area (Å²) in [6.07, 6.45) is 1.44. The molecule has 2 aromatic rings. The molecule has 130 valence electrons. The summed E-state index contributed by atoms with van der Waals surface area (Å²) in [5, 5.41) is 9.55. The smallest absolute Gasteiger partial charge is 0.312 e. The predicted octanol–water partition coefficient (Wildman–Crippen LogP) is 2.69. The van der Waals surface area contributed by atoms with Crippen LogP contribution in [-0.2, 0) is 11.3 Å². The lowest BCUT2D eigenvalue weighted by Gasteiger charge is -2.32. The lowest BCUT2D eigenvalue weighted by Crippen LogP contribution is -2.41. The summed E-state index contributed by atoms with van der Waals surface area (Å²) in [4.78, 5) is 30.3. The second-order valence-corrected chi connectivity index (χ2v) is 6.29. The zero-order valence-electron chi connectivity index (χ0n) is 14.2. The van der Waals surface area contributed by atoms with Crippen molar-refractivity contribution in [3.05, 3.63) is 59.4 Å². The molecule has 1 aliphatic rings. The maximum Gasteiger partial charge on any atom is 0.312 e. The van der Waals surface area contributed by atoms with Crippen LogP contribution in [0.25, 0.3) is 0 Å². The van der Waals surface area contributed by atoms with E-state index in [-0.39, 0.29) is 24.2 Å². The standard InChI is InChI=1S/C19H20N2O4/c1-12(2)25-16-8-5-9-20-17(16)18(22)21-10-13-6-3-4-7-14(13)15(11-21)19(23)24/h3-9,12,15H,10-11H2,1-2H3,(H,23,24). The molecule has 0 fully saturated rings. The zero-order valence-corrected chi connectivity index (χ0v) is 14.2. The molecule has 1 N–H and O–H groups in total. The van der Waals surface area contributed by atoms with Crippen LogP contribution in [0.2, 0.25) is 0 Å². The van der Waals surface area contributed by atoms with E-state index in [1.165, 1.54) is 11.1 Å². The van der Waals surface area contributed by atoms with Gasteiger partial charge in [0.2, 0.25) is 0 Å². The van der Waals surface area contributed by atoms with E-state index in [1.807, 2.05) is 38.1 Å². The fraction of sp³-hybridized carbons (Fsp3) is 0.316. The number of amides is 1. The van der Waals surface area contributed by atoms with Crippen LogP contribution in [0.15, 0.2) is 42.6 Å². The van der Waals surface area contributed by atoms with Crippen LogP contribution < -0.4 is 4.74 Å². The summed E-state index contributed by atoms with van der Waals surface area (Å²) < 4.78 is 5.67. The molecule has 1 amide bonds. The van der Waals surface area contributed by atoms with E-state index in [4.69, 9.17) is 4.74 Å². The highest BCUT2D eigenvalue weighted by Crippen LogP contribution is 2.30. The van der Waals surface area contributed by atoms with Gasteiger partial charge in [-0.25, -0.2) is 4.98 Å². The number of benzene rings is 1. The van der Waals surface area contributed by atoms with Crippen molar-refractivity contribution in [2.45, 2.75) is 32.4 Å². The molecule has 3 rings (SSSR count).